The van der Waals surface area contributed by atoms with Crippen molar-refractivity contribution in [3.05, 3.63) is 41.0 Å². The molecule has 0 spiro atoms. The lowest BCUT2D eigenvalue weighted by atomic mass is 10.0. The number of methoxy groups -OCH3 is 1. The summed E-state index contributed by atoms with van der Waals surface area (Å²) in [5.74, 6) is -1.73. The number of aliphatic imine (C=N–C) groups is 1. The van der Waals surface area contributed by atoms with Crippen LogP contribution in [0, 0.1) is 30.0 Å². The first-order valence-corrected chi connectivity index (χ1v) is 7.14. The van der Waals surface area contributed by atoms with Crippen LogP contribution >= 0.6 is 11.6 Å². The minimum Gasteiger partial charge on any atom is -0.466 e. The zero-order chi connectivity index (χ0) is 17.6. The van der Waals surface area contributed by atoms with E-state index < -0.39 is 11.9 Å². The maximum absolute atomic E-state index is 13.4. The Labute approximate surface area is 139 Å². The second kappa shape index (κ2) is 8.30. The molecule has 0 saturated carbocycles. The lowest BCUT2D eigenvalue weighted by molar-refractivity contribution is -0.136. The maximum Gasteiger partial charge on any atom is 0.338 e. The summed E-state index contributed by atoms with van der Waals surface area (Å²) in [5, 5.41) is 12.2. The van der Waals surface area contributed by atoms with E-state index in [4.69, 9.17) is 21.6 Å². The molecular formula is C16H17ClFN3O2. The molecule has 1 atom stereocenters. The van der Waals surface area contributed by atoms with Crippen molar-refractivity contribution in [2.75, 3.05) is 12.4 Å². The highest BCUT2D eigenvalue weighted by Gasteiger charge is 2.23. The van der Waals surface area contributed by atoms with Gasteiger partial charge in [-0.05, 0) is 44.5 Å². The number of hydrogen-bond acceptors (Lipinski definition) is 5. The number of anilines is 1. The number of halogens is 2. The van der Waals surface area contributed by atoms with E-state index in [2.05, 4.69) is 10.3 Å². The Kier molecular flexibility index (Phi) is 6.73. The minimum atomic E-state index is -0.772. The molecule has 0 aliphatic rings. The van der Waals surface area contributed by atoms with Gasteiger partial charge in [0.1, 0.15) is 16.8 Å². The van der Waals surface area contributed by atoms with Gasteiger partial charge in [-0.2, -0.15) is 5.26 Å². The van der Waals surface area contributed by atoms with Crippen molar-refractivity contribution in [1.29, 1.82) is 5.26 Å². The van der Waals surface area contributed by atoms with Gasteiger partial charge in [0.15, 0.2) is 0 Å². The van der Waals surface area contributed by atoms with Crippen molar-refractivity contribution >= 4 is 28.4 Å². The Hall–Kier alpha value is -2.39. The third-order valence-electron chi connectivity index (χ3n) is 2.97. The monoisotopic (exact) mass is 337 g/mol. The molecule has 1 aromatic carbocycles. The van der Waals surface area contributed by atoms with Crippen LogP contribution in [0.2, 0.25) is 0 Å². The average Bonchev–Trinajstić information content (AvgIpc) is 2.50. The molecule has 122 valence electrons. The summed E-state index contributed by atoms with van der Waals surface area (Å²) in [5.41, 5.74) is 0.970. The molecule has 1 rings (SSSR count). The van der Waals surface area contributed by atoms with Crippen LogP contribution in [0.3, 0.4) is 0 Å². The molecule has 1 N–H and O–H groups in total. The standard InChI is InChI=1S/C16H17ClFN3O2/c1-9-7-12(5-6-13(9)18)21-15(20-11(3)17)14(10(2)8-19)16(22)23-4/h5-7,10,21H,1-4H3/b15-14-,20-11+. The van der Waals surface area contributed by atoms with E-state index in [1.54, 1.807) is 19.9 Å². The number of aryl methyl sites for hydroxylation is 1. The van der Waals surface area contributed by atoms with Gasteiger partial charge in [0.2, 0.25) is 0 Å². The summed E-state index contributed by atoms with van der Waals surface area (Å²) in [6, 6.07) is 6.31. The molecule has 0 aliphatic heterocycles. The number of carbonyl (C=O) groups is 1. The SMILES string of the molecule is COC(=O)/C(=C(/N=C(\C)Cl)Nc1ccc(F)c(C)c1)C(C)C#N. The number of esters is 1. The molecule has 0 heterocycles. The van der Waals surface area contributed by atoms with Gasteiger partial charge in [0, 0.05) is 5.69 Å². The zero-order valence-electron chi connectivity index (χ0n) is 13.3. The molecule has 0 radical (unpaired) electrons. The summed E-state index contributed by atoms with van der Waals surface area (Å²) < 4.78 is 18.1. The minimum absolute atomic E-state index is 0.0389. The second-order valence-electron chi connectivity index (χ2n) is 4.80. The van der Waals surface area contributed by atoms with Crippen LogP contribution in [0.15, 0.2) is 34.6 Å². The predicted octanol–water partition coefficient (Wildman–Crippen LogP) is 3.75. The molecular weight excluding hydrogens is 321 g/mol. The number of nitriles is 1. The number of rotatable bonds is 5. The van der Waals surface area contributed by atoms with Gasteiger partial charge in [-0.3, -0.25) is 0 Å². The molecule has 1 unspecified atom stereocenters. The van der Waals surface area contributed by atoms with Crippen LogP contribution < -0.4 is 5.32 Å². The molecule has 0 amide bonds. The third-order valence-corrected chi connectivity index (χ3v) is 3.06. The molecule has 0 fully saturated rings. The number of ether oxygens (including phenoxy) is 1. The summed E-state index contributed by atoms with van der Waals surface area (Å²) in [4.78, 5) is 16.1. The number of nitrogens with one attached hydrogen (secondary N) is 1. The number of nitrogens with zero attached hydrogens (tertiary/aromatic N) is 2. The quantitative estimate of drug-likeness (QED) is 0.504. The highest BCUT2D eigenvalue weighted by molar-refractivity contribution is 6.64. The van der Waals surface area contributed by atoms with Gasteiger partial charge >= 0.3 is 5.97 Å². The predicted molar refractivity (Wildman–Crippen MR) is 87.5 cm³/mol. The Balaban J connectivity index is 3.44. The summed E-state index contributed by atoms with van der Waals surface area (Å²) in [7, 11) is 1.21. The van der Waals surface area contributed by atoms with Crippen molar-refractivity contribution in [3.8, 4) is 6.07 Å². The van der Waals surface area contributed by atoms with E-state index in [9.17, 15) is 9.18 Å². The Bertz CT molecular complexity index is 704. The van der Waals surface area contributed by atoms with Crippen LogP contribution in [0.5, 0.6) is 0 Å². The molecule has 0 aliphatic carbocycles. The van der Waals surface area contributed by atoms with Crippen molar-refractivity contribution < 1.29 is 13.9 Å². The van der Waals surface area contributed by atoms with E-state index in [1.165, 1.54) is 26.2 Å². The van der Waals surface area contributed by atoms with Crippen LogP contribution in [-0.2, 0) is 9.53 Å². The second-order valence-corrected chi connectivity index (χ2v) is 5.35. The lowest BCUT2D eigenvalue weighted by Gasteiger charge is -2.14. The van der Waals surface area contributed by atoms with Gasteiger partial charge < -0.3 is 10.1 Å². The number of hydrogen-bond donors (Lipinski definition) is 1. The number of carbonyl (C=O) groups excluding carboxylic acids is 1. The first-order valence-electron chi connectivity index (χ1n) is 6.76. The van der Waals surface area contributed by atoms with Gasteiger partial charge in [-0.25, -0.2) is 14.2 Å². The third kappa shape index (κ3) is 5.08. The lowest BCUT2D eigenvalue weighted by Crippen LogP contribution is -2.17. The van der Waals surface area contributed by atoms with E-state index in [0.717, 1.165) is 0 Å². The topological polar surface area (TPSA) is 74.5 Å². The van der Waals surface area contributed by atoms with Gasteiger partial charge in [0.25, 0.3) is 0 Å². The Morgan fingerprint density at radius 1 is 1.52 bits per heavy atom. The first kappa shape index (κ1) is 18.7. The molecule has 0 saturated heterocycles. The summed E-state index contributed by atoms with van der Waals surface area (Å²) in [6.45, 7) is 4.69. The summed E-state index contributed by atoms with van der Waals surface area (Å²) >= 11 is 5.82. The van der Waals surface area contributed by atoms with Crippen LogP contribution in [0.1, 0.15) is 19.4 Å². The van der Waals surface area contributed by atoms with Crippen molar-refractivity contribution in [2.45, 2.75) is 20.8 Å². The normalized spacial score (nSPS) is 13.7. The highest BCUT2D eigenvalue weighted by atomic mass is 35.5. The molecule has 7 heteroatoms. The summed E-state index contributed by atoms with van der Waals surface area (Å²) in [6.07, 6.45) is 0. The largest absolute Gasteiger partial charge is 0.466 e. The van der Waals surface area contributed by atoms with Gasteiger partial charge in [0.05, 0.1) is 24.7 Å². The highest BCUT2D eigenvalue weighted by Crippen LogP contribution is 2.22. The van der Waals surface area contributed by atoms with Crippen molar-refractivity contribution in [3.63, 3.8) is 0 Å². The van der Waals surface area contributed by atoms with Crippen molar-refractivity contribution in [1.82, 2.24) is 0 Å². The van der Waals surface area contributed by atoms with E-state index in [1.807, 2.05) is 6.07 Å². The fraction of sp³-hybridized carbons (Fsp3) is 0.312. The van der Waals surface area contributed by atoms with Gasteiger partial charge in [-0.15, -0.1) is 0 Å². The van der Waals surface area contributed by atoms with E-state index >= 15 is 0 Å². The van der Waals surface area contributed by atoms with Crippen LogP contribution in [-0.4, -0.2) is 18.2 Å². The molecule has 1 aromatic rings. The Morgan fingerprint density at radius 3 is 2.65 bits per heavy atom. The van der Waals surface area contributed by atoms with Crippen molar-refractivity contribution in [2.24, 2.45) is 10.9 Å². The van der Waals surface area contributed by atoms with Crippen LogP contribution in [0.4, 0.5) is 10.1 Å². The maximum atomic E-state index is 13.4. The van der Waals surface area contributed by atoms with E-state index in [-0.39, 0.29) is 22.4 Å². The fourth-order valence-corrected chi connectivity index (χ4v) is 1.91. The van der Waals surface area contributed by atoms with Crippen LogP contribution in [0.25, 0.3) is 0 Å². The Morgan fingerprint density at radius 2 is 2.17 bits per heavy atom. The molecule has 23 heavy (non-hydrogen) atoms. The smallest absolute Gasteiger partial charge is 0.338 e. The molecule has 5 nitrogen and oxygen atoms in total. The fourth-order valence-electron chi connectivity index (χ4n) is 1.82. The zero-order valence-corrected chi connectivity index (χ0v) is 14.0. The average molecular weight is 338 g/mol. The van der Waals surface area contributed by atoms with Gasteiger partial charge in [-0.1, -0.05) is 11.6 Å². The van der Waals surface area contributed by atoms with E-state index in [0.29, 0.717) is 11.3 Å². The molecule has 0 bridgehead atoms. The first-order chi connectivity index (χ1) is 10.8. The number of benzene rings is 1. The molecule has 0 aromatic heterocycles.